The van der Waals surface area contributed by atoms with Crippen molar-refractivity contribution in [3.05, 3.63) is 65.5 Å². The Balaban J connectivity index is 1.17. The summed E-state index contributed by atoms with van der Waals surface area (Å²) in [5.74, 6) is -1.08. The molecule has 1 fully saturated rings. The van der Waals surface area contributed by atoms with Gasteiger partial charge in [0.2, 0.25) is 5.76 Å². The summed E-state index contributed by atoms with van der Waals surface area (Å²) in [6.07, 6.45) is 3.79. The van der Waals surface area contributed by atoms with Gasteiger partial charge in [0.15, 0.2) is 0 Å². The predicted molar refractivity (Wildman–Crippen MR) is 123 cm³/mol. The molecule has 0 aliphatic carbocycles. The number of carboxylic acid groups (broad SMARTS) is 1. The van der Waals surface area contributed by atoms with E-state index >= 15 is 0 Å². The number of aromatic carboxylic acids is 1. The van der Waals surface area contributed by atoms with Crippen molar-refractivity contribution < 1.29 is 14.3 Å². The van der Waals surface area contributed by atoms with Gasteiger partial charge in [0.05, 0.1) is 5.56 Å². The van der Waals surface area contributed by atoms with Gasteiger partial charge in [0.25, 0.3) is 0 Å². The number of hydrogen-bond donors (Lipinski definition) is 2. The van der Waals surface area contributed by atoms with Gasteiger partial charge in [-0.25, -0.2) is 4.79 Å². The summed E-state index contributed by atoms with van der Waals surface area (Å²) in [6, 6.07) is 15.9. The standard InChI is InChI=1S/C25H24N4O3/c26-15-19-16-27-21-5-1-3-17(24(19)21)4-2-8-28-9-11-29(12-10-28)20-6-7-22-18(13-20)14-23(32-22)25(30)31/h1,3,5-7,13-14,16,27H,2,4,8-12H2,(H,30,31). The number of aryl methyl sites for hydroxylation is 1. The van der Waals surface area contributed by atoms with E-state index < -0.39 is 5.97 Å². The highest BCUT2D eigenvalue weighted by Crippen LogP contribution is 2.27. The Morgan fingerprint density at radius 2 is 2.00 bits per heavy atom. The van der Waals surface area contributed by atoms with Gasteiger partial charge in [0, 0.05) is 54.4 Å². The summed E-state index contributed by atoms with van der Waals surface area (Å²) in [7, 11) is 0. The van der Waals surface area contributed by atoms with Crippen molar-refractivity contribution in [2.75, 3.05) is 37.6 Å². The molecule has 0 atom stereocenters. The molecule has 32 heavy (non-hydrogen) atoms. The SMILES string of the molecule is N#Cc1c[nH]c2cccc(CCCN3CCN(c4ccc5oc(C(=O)O)cc5c4)CC3)c12. The molecule has 2 aromatic carbocycles. The van der Waals surface area contributed by atoms with Crippen LogP contribution in [0.25, 0.3) is 21.9 Å². The predicted octanol–water partition coefficient (Wildman–Crippen LogP) is 4.24. The third-order valence-corrected chi connectivity index (χ3v) is 6.28. The first-order valence-electron chi connectivity index (χ1n) is 10.9. The number of piperazine rings is 1. The molecule has 7 heteroatoms. The van der Waals surface area contributed by atoms with Crippen molar-refractivity contribution >= 4 is 33.5 Å². The van der Waals surface area contributed by atoms with Crippen LogP contribution in [-0.2, 0) is 6.42 Å². The van der Waals surface area contributed by atoms with Crippen LogP contribution in [0.4, 0.5) is 5.69 Å². The van der Waals surface area contributed by atoms with Gasteiger partial charge in [-0.15, -0.1) is 0 Å². The topological polar surface area (TPSA) is 96.5 Å². The number of furan rings is 1. The number of nitrogens with one attached hydrogen (secondary N) is 1. The average Bonchev–Trinajstić information content (AvgIpc) is 3.43. The third-order valence-electron chi connectivity index (χ3n) is 6.28. The fraction of sp³-hybridized carbons (Fsp3) is 0.280. The van der Waals surface area contributed by atoms with Crippen molar-refractivity contribution in [2.24, 2.45) is 0 Å². The second kappa shape index (κ2) is 8.40. The lowest BCUT2D eigenvalue weighted by atomic mass is 10.0. The molecular formula is C25H24N4O3. The maximum atomic E-state index is 11.1. The van der Waals surface area contributed by atoms with E-state index in [0.29, 0.717) is 11.1 Å². The molecule has 0 amide bonds. The van der Waals surface area contributed by atoms with E-state index in [2.05, 4.69) is 26.9 Å². The normalized spacial score (nSPS) is 14.8. The first-order chi connectivity index (χ1) is 15.6. The zero-order chi connectivity index (χ0) is 22.1. The third kappa shape index (κ3) is 3.81. The number of nitriles is 1. The maximum absolute atomic E-state index is 11.1. The molecule has 162 valence electrons. The molecule has 0 bridgehead atoms. The molecule has 2 aromatic heterocycles. The van der Waals surface area contributed by atoms with E-state index in [0.717, 1.165) is 67.5 Å². The highest BCUT2D eigenvalue weighted by atomic mass is 16.4. The average molecular weight is 428 g/mol. The van der Waals surface area contributed by atoms with Crippen molar-refractivity contribution in [3.8, 4) is 6.07 Å². The quantitative estimate of drug-likeness (QED) is 0.477. The summed E-state index contributed by atoms with van der Waals surface area (Å²) in [5.41, 5.74) is 4.67. The summed E-state index contributed by atoms with van der Waals surface area (Å²) in [4.78, 5) is 19.1. The molecule has 0 radical (unpaired) electrons. The number of hydrogen-bond acceptors (Lipinski definition) is 5. The molecule has 1 aliphatic heterocycles. The Hall–Kier alpha value is -3.76. The van der Waals surface area contributed by atoms with E-state index in [-0.39, 0.29) is 5.76 Å². The van der Waals surface area contributed by atoms with Crippen LogP contribution >= 0.6 is 0 Å². The summed E-state index contributed by atoms with van der Waals surface area (Å²) < 4.78 is 5.36. The Kier molecular flexibility index (Phi) is 5.29. The highest BCUT2D eigenvalue weighted by Gasteiger charge is 2.18. The lowest BCUT2D eigenvalue weighted by Gasteiger charge is -2.36. The van der Waals surface area contributed by atoms with Crippen LogP contribution in [0.2, 0.25) is 0 Å². The van der Waals surface area contributed by atoms with Crippen LogP contribution in [0, 0.1) is 11.3 Å². The van der Waals surface area contributed by atoms with Crippen LogP contribution in [0.15, 0.2) is 53.1 Å². The van der Waals surface area contributed by atoms with E-state index in [4.69, 9.17) is 9.52 Å². The number of anilines is 1. The van der Waals surface area contributed by atoms with E-state index in [1.807, 2.05) is 30.3 Å². The maximum Gasteiger partial charge on any atom is 0.371 e. The number of rotatable bonds is 6. The monoisotopic (exact) mass is 428 g/mol. The first kappa shape index (κ1) is 20.2. The Morgan fingerprint density at radius 3 is 2.78 bits per heavy atom. The zero-order valence-electron chi connectivity index (χ0n) is 17.7. The lowest BCUT2D eigenvalue weighted by Crippen LogP contribution is -2.46. The van der Waals surface area contributed by atoms with Crippen molar-refractivity contribution in [1.29, 1.82) is 5.26 Å². The largest absolute Gasteiger partial charge is 0.475 e. The second-order valence-corrected chi connectivity index (χ2v) is 8.22. The Morgan fingerprint density at radius 1 is 1.16 bits per heavy atom. The van der Waals surface area contributed by atoms with Crippen LogP contribution in [0.5, 0.6) is 0 Å². The number of H-pyrrole nitrogens is 1. The molecule has 0 saturated carbocycles. The van der Waals surface area contributed by atoms with Gasteiger partial charge in [-0.1, -0.05) is 12.1 Å². The second-order valence-electron chi connectivity index (χ2n) is 8.22. The molecule has 7 nitrogen and oxygen atoms in total. The van der Waals surface area contributed by atoms with Crippen molar-refractivity contribution in [1.82, 2.24) is 9.88 Å². The summed E-state index contributed by atoms with van der Waals surface area (Å²) in [5, 5.41) is 20.4. The van der Waals surface area contributed by atoms with E-state index in [1.54, 1.807) is 12.3 Å². The molecule has 2 N–H and O–H groups in total. The fourth-order valence-electron chi connectivity index (χ4n) is 4.61. The molecule has 3 heterocycles. The van der Waals surface area contributed by atoms with Crippen LogP contribution in [0.1, 0.15) is 28.1 Å². The van der Waals surface area contributed by atoms with Crippen molar-refractivity contribution in [3.63, 3.8) is 0 Å². The minimum absolute atomic E-state index is 0.0285. The molecule has 4 aromatic rings. The number of aromatic nitrogens is 1. The van der Waals surface area contributed by atoms with Gasteiger partial charge < -0.3 is 19.4 Å². The van der Waals surface area contributed by atoms with Gasteiger partial charge in [-0.05, 0) is 55.3 Å². The number of benzene rings is 2. The molecule has 1 saturated heterocycles. The molecule has 1 aliphatic rings. The first-order valence-corrected chi connectivity index (χ1v) is 10.9. The van der Waals surface area contributed by atoms with Gasteiger partial charge >= 0.3 is 5.97 Å². The van der Waals surface area contributed by atoms with Gasteiger partial charge in [-0.3, -0.25) is 4.90 Å². The number of aromatic amines is 1. The van der Waals surface area contributed by atoms with Gasteiger partial charge in [0.1, 0.15) is 11.7 Å². The van der Waals surface area contributed by atoms with Crippen LogP contribution in [-0.4, -0.2) is 53.7 Å². The lowest BCUT2D eigenvalue weighted by molar-refractivity contribution is 0.0665. The minimum Gasteiger partial charge on any atom is -0.475 e. The number of carboxylic acids is 1. The Bertz CT molecular complexity index is 1320. The zero-order valence-corrected chi connectivity index (χ0v) is 17.7. The summed E-state index contributed by atoms with van der Waals surface area (Å²) >= 11 is 0. The van der Waals surface area contributed by atoms with E-state index in [1.165, 1.54) is 5.56 Å². The van der Waals surface area contributed by atoms with Crippen LogP contribution in [0.3, 0.4) is 0 Å². The van der Waals surface area contributed by atoms with E-state index in [9.17, 15) is 10.1 Å². The number of fused-ring (bicyclic) bond motifs is 2. The van der Waals surface area contributed by atoms with Gasteiger partial charge in [-0.2, -0.15) is 5.26 Å². The minimum atomic E-state index is -1.05. The molecule has 5 rings (SSSR count). The molecular weight excluding hydrogens is 404 g/mol. The van der Waals surface area contributed by atoms with Crippen molar-refractivity contribution in [2.45, 2.75) is 12.8 Å². The Labute approximate surface area is 185 Å². The highest BCUT2D eigenvalue weighted by molar-refractivity contribution is 5.92. The molecule has 0 unspecified atom stereocenters. The molecule has 0 spiro atoms. The smallest absolute Gasteiger partial charge is 0.371 e. The number of nitrogens with zero attached hydrogens (tertiary/aromatic N) is 3. The fourth-order valence-corrected chi connectivity index (χ4v) is 4.61. The summed E-state index contributed by atoms with van der Waals surface area (Å²) in [6.45, 7) is 4.87. The van der Waals surface area contributed by atoms with Crippen LogP contribution < -0.4 is 4.90 Å². The number of carbonyl (C=O) groups is 1.